The highest BCUT2D eigenvalue weighted by Crippen LogP contribution is 2.59. The molecule has 2 unspecified atom stereocenters. The minimum atomic E-state index is -3.64. The van der Waals surface area contributed by atoms with Crippen molar-refractivity contribution < 1.29 is 17.5 Å². The van der Waals surface area contributed by atoms with Gasteiger partial charge in [-0.25, -0.2) is 17.9 Å². The molecule has 4 bridgehead atoms. The van der Waals surface area contributed by atoms with Crippen LogP contribution in [0.25, 0.3) is 0 Å². The first kappa shape index (κ1) is 22.5. The van der Waals surface area contributed by atoms with E-state index in [1.165, 1.54) is 18.2 Å². The van der Waals surface area contributed by atoms with Gasteiger partial charge in [-0.2, -0.15) is 5.26 Å². The lowest BCUT2D eigenvalue weighted by Crippen LogP contribution is -2.61. The van der Waals surface area contributed by atoms with Crippen LogP contribution in [-0.4, -0.2) is 30.6 Å². The molecule has 0 spiro atoms. The number of amidine groups is 1. The van der Waals surface area contributed by atoms with Crippen LogP contribution in [0.2, 0.25) is 0 Å². The monoisotopic (exact) mass is 512 g/mol. The molecule has 0 radical (unpaired) electrons. The minimum absolute atomic E-state index is 0.0955. The molecule has 4 saturated carbocycles. The second-order valence-electron chi connectivity index (χ2n) is 9.59. The molecule has 0 heterocycles. The molecule has 1 aromatic rings. The third kappa shape index (κ3) is 4.08. The molecule has 4 fully saturated rings. The summed E-state index contributed by atoms with van der Waals surface area (Å²) in [6.07, 6.45) is 5.45. The largest absolute Gasteiger partial charge is 0.479 e. The first-order chi connectivity index (χ1) is 14.4. The summed E-state index contributed by atoms with van der Waals surface area (Å²) in [7, 11) is -3.64. The fourth-order valence-corrected chi connectivity index (χ4v) is 7.70. The smallest absolute Gasteiger partial charge is 0.214 e. The number of aliphatic imine (C=N–C) groups is 1. The van der Waals surface area contributed by atoms with Crippen LogP contribution < -0.4 is 15.2 Å². The van der Waals surface area contributed by atoms with Gasteiger partial charge in [0.15, 0.2) is 17.6 Å². The number of nitriles is 1. The Hall–Kier alpha value is -1.70. The maximum atomic E-state index is 13.4. The number of hydrogen-bond acceptors (Lipinski definition) is 5. The number of nitrogens with zero attached hydrogens (tertiary/aromatic N) is 2. The summed E-state index contributed by atoms with van der Waals surface area (Å²) in [4.78, 5) is 4.93. The predicted octanol–water partition coefficient (Wildman–Crippen LogP) is 3.45. The van der Waals surface area contributed by atoms with Crippen molar-refractivity contribution >= 4 is 31.8 Å². The van der Waals surface area contributed by atoms with Gasteiger partial charge in [-0.05, 0) is 97.8 Å². The molecule has 7 nitrogen and oxygen atoms in total. The van der Waals surface area contributed by atoms with Gasteiger partial charge in [0.25, 0.3) is 0 Å². The Kier molecular flexibility index (Phi) is 5.59. The molecule has 1 aromatic carbocycles. The van der Waals surface area contributed by atoms with Crippen molar-refractivity contribution in [2.75, 3.05) is 0 Å². The van der Waals surface area contributed by atoms with Crippen LogP contribution in [0.3, 0.4) is 0 Å². The predicted molar refractivity (Wildman–Crippen MR) is 118 cm³/mol. The summed E-state index contributed by atoms with van der Waals surface area (Å²) in [6.45, 7) is 3.57. The third-order valence-corrected chi connectivity index (χ3v) is 9.38. The van der Waals surface area contributed by atoms with Crippen molar-refractivity contribution in [2.24, 2.45) is 27.9 Å². The maximum Gasteiger partial charge on any atom is 0.214 e. The number of hydrogen-bond donors (Lipinski definition) is 2. The van der Waals surface area contributed by atoms with E-state index in [2.05, 4.69) is 21.2 Å². The molecule has 0 amide bonds. The van der Waals surface area contributed by atoms with Gasteiger partial charge in [0, 0.05) is 0 Å². The zero-order chi connectivity index (χ0) is 22.6. The Labute approximate surface area is 190 Å². The van der Waals surface area contributed by atoms with Crippen molar-refractivity contribution in [3.8, 4) is 11.9 Å². The first-order valence-corrected chi connectivity index (χ1v) is 12.7. The Bertz CT molecular complexity index is 1050. The average Bonchev–Trinajstić information content (AvgIpc) is 2.64. The number of halogens is 2. The second-order valence-corrected chi connectivity index (χ2v) is 12.4. The maximum absolute atomic E-state index is 13.4. The van der Waals surface area contributed by atoms with Gasteiger partial charge < -0.3 is 4.74 Å². The SMILES string of the molecule is CC(C)(Oc1ccc(F)cc1Br)C(=NC1C2CC3CC1CC(S(N)(=O)=O)(C3)C2)NC#N. The van der Waals surface area contributed by atoms with Crippen LogP contribution in [0.5, 0.6) is 5.75 Å². The van der Waals surface area contributed by atoms with Crippen molar-refractivity contribution in [3.05, 3.63) is 28.5 Å². The van der Waals surface area contributed by atoms with Gasteiger partial charge >= 0.3 is 0 Å². The average molecular weight is 513 g/mol. The molecule has 168 valence electrons. The van der Waals surface area contributed by atoms with Crippen molar-refractivity contribution in [1.29, 1.82) is 5.26 Å². The Morgan fingerprint density at radius 2 is 2.00 bits per heavy atom. The van der Waals surface area contributed by atoms with Crippen molar-refractivity contribution in [1.82, 2.24) is 5.32 Å². The van der Waals surface area contributed by atoms with E-state index in [4.69, 9.17) is 14.9 Å². The number of primary sulfonamides is 1. The van der Waals surface area contributed by atoms with Gasteiger partial charge in [0.1, 0.15) is 11.6 Å². The van der Waals surface area contributed by atoms with Crippen LogP contribution in [0.4, 0.5) is 4.39 Å². The van der Waals surface area contributed by atoms with Gasteiger partial charge in [-0.3, -0.25) is 10.3 Å². The summed E-state index contributed by atoms with van der Waals surface area (Å²) in [6, 6.07) is 4.03. The number of rotatable bonds is 5. The third-order valence-electron chi connectivity index (χ3n) is 7.05. The highest BCUT2D eigenvalue weighted by atomic mass is 79.9. The van der Waals surface area contributed by atoms with E-state index in [0.717, 1.165) is 12.8 Å². The fourth-order valence-electron chi connectivity index (χ4n) is 5.90. The van der Waals surface area contributed by atoms with Crippen LogP contribution in [0.1, 0.15) is 46.0 Å². The summed E-state index contributed by atoms with van der Waals surface area (Å²) in [5.41, 5.74) is -0.998. The normalized spacial score (nSPS) is 32.6. The van der Waals surface area contributed by atoms with Crippen molar-refractivity contribution in [2.45, 2.75) is 62.3 Å². The lowest BCUT2D eigenvalue weighted by Gasteiger charge is -2.57. The lowest BCUT2D eigenvalue weighted by atomic mass is 9.54. The quantitative estimate of drug-likeness (QED) is 0.271. The molecule has 3 N–H and O–H groups in total. The number of ether oxygens (including phenoxy) is 1. The Balaban J connectivity index is 1.63. The Morgan fingerprint density at radius 3 is 2.55 bits per heavy atom. The molecule has 31 heavy (non-hydrogen) atoms. The Morgan fingerprint density at radius 1 is 1.35 bits per heavy atom. The van der Waals surface area contributed by atoms with Crippen molar-refractivity contribution in [3.63, 3.8) is 0 Å². The van der Waals surface area contributed by atoms with Crippen LogP contribution in [0.15, 0.2) is 27.7 Å². The van der Waals surface area contributed by atoms with Gasteiger partial charge in [-0.15, -0.1) is 0 Å². The summed E-state index contributed by atoms with van der Waals surface area (Å²) in [5, 5.41) is 17.6. The van der Waals surface area contributed by atoms with Crippen LogP contribution >= 0.6 is 15.9 Å². The van der Waals surface area contributed by atoms with Crippen LogP contribution in [0, 0.1) is 35.0 Å². The molecule has 2 atom stereocenters. The zero-order valence-corrected chi connectivity index (χ0v) is 19.8. The van der Waals surface area contributed by atoms with E-state index in [1.54, 1.807) is 13.8 Å². The number of benzene rings is 1. The molecule has 0 aliphatic heterocycles. The minimum Gasteiger partial charge on any atom is -0.479 e. The van der Waals surface area contributed by atoms with E-state index in [-0.39, 0.29) is 17.9 Å². The highest BCUT2D eigenvalue weighted by Gasteiger charge is 2.60. The van der Waals surface area contributed by atoms with E-state index < -0.39 is 26.2 Å². The molecular formula is C21H26BrFN4O3S. The van der Waals surface area contributed by atoms with Gasteiger partial charge in [0.2, 0.25) is 10.0 Å². The summed E-state index contributed by atoms with van der Waals surface area (Å²) in [5.74, 6) is 0.972. The molecular weight excluding hydrogens is 487 g/mol. The highest BCUT2D eigenvalue weighted by molar-refractivity contribution is 9.10. The number of nitrogens with two attached hydrogens (primary N) is 1. The van der Waals surface area contributed by atoms with Gasteiger partial charge in [0.05, 0.1) is 15.3 Å². The number of sulfonamides is 1. The first-order valence-electron chi connectivity index (χ1n) is 10.3. The summed E-state index contributed by atoms with van der Waals surface area (Å²) >= 11 is 3.30. The fraction of sp³-hybridized carbons (Fsp3) is 0.619. The molecule has 10 heteroatoms. The topological polar surface area (TPSA) is 118 Å². The lowest BCUT2D eigenvalue weighted by molar-refractivity contribution is 0.0138. The molecule has 4 aliphatic carbocycles. The van der Waals surface area contributed by atoms with E-state index >= 15 is 0 Å². The molecule has 4 aliphatic rings. The van der Waals surface area contributed by atoms with Gasteiger partial charge in [-0.1, -0.05) is 0 Å². The standard InChI is InChI=1S/C21H26BrFN4O3S/c1-20(2,30-17-4-3-15(23)7-16(17)22)19(26-11-24)27-18-13-5-12-6-14(18)10-21(8-12,9-13)31(25,28)29/h3-4,7,12-14,18H,5-6,8-10H2,1-2H3,(H,26,27)(H2,25,28,29). The number of nitrogens with one attached hydrogen (secondary N) is 1. The second kappa shape index (κ2) is 7.71. The molecule has 0 aromatic heterocycles. The van der Waals surface area contributed by atoms with E-state index in [1.807, 2.05) is 6.19 Å². The summed E-state index contributed by atoms with van der Waals surface area (Å²) < 4.78 is 43.9. The molecule has 0 saturated heterocycles. The van der Waals surface area contributed by atoms with E-state index in [0.29, 0.717) is 41.2 Å². The molecule has 5 rings (SSSR count). The zero-order valence-electron chi connectivity index (χ0n) is 17.4. The van der Waals surface area contributed by atoms with Crippen LogP contribution in [-0.2, 0) is 10.0 Å². The van der Waals surface area contributed by atoms with E-state index in [9.17, 15) is 18.1 Å².